The molecular weight excluding hydrogens is 262 g/mol. The van der Waals surface area contributed by atoms with E-state index in [1.165, 1.54) is 57.8 Å². The van der Waals surface area contributed by atoms with Crippen molar-refractivity contribution in [2.75, 3.05) is 0 Å². The zero-order chi connectivity index (χ0) is 14.3. The molecular formula is C18H27NO2. The fourth-order valence-corrected chi connectivity index (χ4v) is 4.26. The van der Waals surface area contributed by atoms with E-state index in [9.17, 15) is 5.11 Å². The van der Waals surface area contributed by atoms with Crippen LogP contribution in [0, 0.1) is 5.92 Å². The average Bonchev–Trinajstić information content (AvgIpc) is 3.14. The van der Waals surface area contributed by atoms with Gasteiger partial charge in [0.05, 0.1) is 17.8 Å². The van der Waals surface area contributed by atoms with Crippen molar-refractivity contribution in [3.8, 4) is 0 Å². The molecule has 2 heterocycles. The molecule has 2 atom stereocenters. The lowest BCUT2D eigenvalue weighted by molar-refractivity contribution is -0.0679. The monoisotopic (exact) mass is 289 g/mol. The van der Waals surface area contributed by atoms with Crippen molar-refractivity contribution in [3.63, 3.8) is 0 Å². The van der Waals surface area contributed by atoms with Crippen LogP contribution in [0.2, 0.25) is 0 Å². The number of aliphatic hydroxyl groups excluding tert-OH is 1. The molecule has 1 spiro atoms. The summed E-state index contributed by atoms with van der Waals surface area (Å²) in [5.74, 6) is 0.508. The zero-order valence-electron chi connectivity index (χ0n) is 12.8. The number of ether oxygens (including phenoxy) is 1. The first-order valence-electron chi connectivity index (χ1n) is 8.76. The largest absolute Gasteiger partial charge is 0.388 e. The van der Waals surface area contributed by atoms with Gasteiger partial charge in [-0.15, -0.1) is 0 Å². The van der Waals surface area contributed by atoms with Crippen LogP contribution in [0.4, 0.5) is 0 Å². The molecule has 3 fully saturated rings. The maximum absolute atomic E-state index is 10.2. The number of nitrogens with zero attached hydrogens (tertiary/aromatic N) is 1. The summed E-state index contributed by atoms with van der Waals surface area (Å²) in [5, 5.41) is 10.2. The minimum absolute atomic E-state index is 0.215. The maximum Gasteiger partial charge on any atom is 0.0832 e. The SMILES string of the molecule is OC(c1ccn(CC2CCC3(CCCCC3)O2)c1)C1CC1. The fraction of sp³-hybridized carbons (Fsp3) is 0.778. The highest BCUT2D eigenvalue weighted by molar-refractivity contribution is 5.16. The van der Waals surface area contributed by atoms with Crippen LogP contribution < -0.4 is 0 Å². The van der Waals surface area contributed by atoms with Gasteiger partial charge in [0.2, 0.25) is 0 Å². The molecule has 1 aromatic rings. The molecule has 1 aliphatic heterocycles. The standard InChI is InChI=1S/C18H27NO2/c20-17(14-4-5-14)15-7-11-19(12-15)13-16-6-10-18(21-16)8-2-1-3-9-18/h7,11-12,14,16-17,20H,1-6,8-10,13H2. The lowest BCUT2D eigenvalue weighted by atomic mass is 9.83. The molecule has 0 amide bonds. The van der Waals surface area contributed by atoms with Crippen molar-refractivity contribution in [2.45, 2.75) is 82.1 Å². The second-order valence-electron chi connectivity index (χ2n) is 7.45. The van der Waals surface area contributed by atoms with Crippen molar-refractivity contribution >= 4 is 0 Å². The van der Waals surface area contributed by atoms with Gasteiger partial charge >= 0.3 is 0 Å². The number of rotatable bonds is 4. The van der Waals surface area contributed by atoms with Crippen LogP contribution in [-0.4, -0.2) is 21.4 Å². The normalized spacial score (nSPS) is 29.9. The van der Waals surface area contributed by atoms with E-state index in [1.54, 1.807) is 0 Å². The number of hydrogen-bond acceptors (Lipinski definition) is 2. The zero-order valence-corrected chi connectivity index (χ0v) is 12.8. The van der Waals surface area contributed by atoms with Crippen LogP contribution in [0.25, 0.3) is 0 Å². The Morgan fingerprint density at radius 1 is 1.19 bits per heavy atom. The third-order valence-electron chi connectivity index (χ3n) is 5.70. The highest BCUT2D eigenvalue weighted by Crippen LogP contribution is 2.43. The number of aliphatic hydroxyl groups is 1. The van der Waals surface area contributed by atoms with E-state index in [0.717, 1.165) is 12.1 Å². The Morgan fingerprint density at radius 3 is 2.76 bits per heavy atom. The van der Waals surface area contributed by atoms with Crippen LogP contribution in [-0.2, 0) is 11.3 Å². The van der Waals surface area contributed by atoms with Crippen LogP contribution in [0.3, 0.4) is 0 Å². The first-order valence-corrected chi connectivity index (χ1v) is 8.76. The highest BCUT2D eigenvalue weighted by Gasteiger charge is 2.40. The Morgan fingerprint density at radius 2 is 2.00 bits per heavy atom. The first kappa shape index (κ1) is 13.8. The van der Waals surface area contributed by atoms with Gasteiger partial charge in [0, 0.05) is 18.9 Å². The van der Waals surface area contributed by atoms with Gasteiger partial charge in [0.1, 0.15) is 0 Å². The van der Waals surface area contributed by atoms with Crippen molar-refractivity contribution in [2.24, 2.45) is 5.92 Å². The summed E-state index contributed by atoms with van der Waals surface area (Å²) < 4.78 is 8.66. The van der Waals surface area contributed by atoms with Crippen molar-refractivity contribution < 1.29 is 9.84 Å². The van der Waals surface area contributed by atoms with Gasteiger partial charge in [-0.1, -0.05) is 19.3 Å². The molecule has 0 aromatic carbocycles. The summed E-state index contributed by atoms with van der Waals surface area (Å²) in [6.45, 7) is 0.944. The molecule has 1 saturated heterocycles. The molecule has 21 heavy (non-hydrogen) atoms. The van der Waals surface area contributed by atoms with E-state index in [4.69, 9.17) is 4.74 Å². The van der Waals surface area contributed by atoms with E-state index in [1.807, 2.05) is 0 Å². The van der Waals surface area contributed by atoms with Gasteiger partial charge in [0.25, 0.3) is 0 Å². The predicted octanol–water partition coefficient (Wildman–Crippen LogP) is 3.81. The average molecular weight is 289 g/mol. The summed E-state index contributed by atoms with van der Waals surface area (Å²) >= 11 is 0. The second kappa shape index (κ2) is 5.44. The number of hydrogen-bond donors (Lipinski definition) is 1. The van der Waals surface area contributed by atoms with Gasteiger partial charge < -0.3 is 14.4 Å². The summed E-state index contributed by atoms with van der Waals surface area (Å²) in [6.07, 6.45) is 15.7. The van der Waals surface area contributed by atoms with Crippen molar-refractivity contribution in [3.05, 3.63) is 24.0 Å². The van der Waals surface area contributed by atoms with Crippen molar-refractivity contribution in [1.29, 1.82) is 0 Å². The fourth-order valence-electron chi connectivity index (χ4n) is 4.26. The minimum atomic E-state index is -0.250. The van der Waals surface area contributed by atoms with E-state index in [-0.39, 0.29) is 11.7 Å². The Balaban J connectivity index is 1.36. The molecule has 0 bridgehead atoms. The quantitative estimate of drug-likeness (QED) is 0.914. The van der Waals surface area contributed by atoms with E-state index < -0.39 is 0 Å². The lowest BCUT2D eigenvalue weighted by Gasteiger charge is -2.33. The molecule has 3 nitrogen and oxygen atoms in total. The molecule has 4 rings (SSSR count). The Bertz CT molecular complexity index is 485. The molecule has 2 unspecified atom stereocenters. The first-order chi connectivity index (χ1) is 10.2. The summed E-state index contributed by atoms with van der Waals surface area (Å²) in [5.41, 5.74) is 1.30. The molecule has 116 valence electrons. The predicted molar refractivity (Wildman–Crippen MR) is 82.0 cm³/mol. The third kappa shape index (κ3) is 2.91. The Labute approximate surface area is 127 Å². The molecule has 3 aliphatic rings. The van der Waals surface area contributed by atoms with Gasteiger partial charge in [-0.2, -0.15) is 0 Å². The summed E-state index contributed by atoms with van der Waals surface area (Å²) in [7, 11) is 0. The van der Waals surface area contributed by atoms with Crippen LogP contribution in [0.5, 0.6) is 0 Å². The molecule has 0 radical (unpaired) electrons. The van der Waals surface area contributed by atoms with Crippen LogP contribution >= 0.6 is 0 Å². The lowest BCUT2D eigenvalue weighted by Crippen LogP contribution is -2.32. The molecule has 3 heteroatoms. The van der Waals surface area contributed by atoms with E-state index in [2.05, 4.69) is 23.0 Å². The highest BCUT2D eigenvalue weighted by atomic mass is 16.5. The maximum atomic E-state index is 10.2. The van der Waals surface area contributed by atoms with Crippen molar-refractivity contribution in [1.82, 2.24) is 4.57 Å². The molecule has 2 saturated carbocycles. The topological polar surface area (TPSA) is 34.4 Å². The van der Waals surface area contributed by atoms with E-state index >= 15 is 0 Å². The van der Waals surface area contributed by atoms with E-state index in [0.29, 0.717) is 12.0 Å². The Kier molecular flexibility index (Phi) is 3.58. The molecule has 1 N–H and O–H groups in total. The third-order valence-corrected chi connectivity index (χ3v) is 5.70. The van der Waals surface area contributed by atoms with Crippen LogP contribution in [0.1, 0.15) is 69.5 Å². The van der Waals surface area contributed by atoms with Gasteiger partial charge in [-0.3, -0.25) is 0 Å². The summed E-state index contributed by atoms with van der Waals surface area (Å²) in [4.78, 5) is 0. The Hall–Kier alpha value is -0.800. The molecule has 2 aliphatic carbocycles. The second-order valence-corrected chi connectivity index (χ2v) is 7.45. The van der Waals surface area contributed by atoms with Crippen LogP contribution in [0.15, 0.2) is 18.5 Å². The van der Waals surface area contributed by atoms with Gasteiger partial charge in [-0.25, -0.2) is 0 Å². The van der Waals surface area contributed by atoms with Gasteiger partial charge in [-0.05, 0) is 56.1 Å². The van der Waals surface area contributed by atoms with Gasteiger partial charge in [0.15, 0.2) is 0 Å². The summed E-state index contributed by atoms with van der Waals surface area (Å²) in [6, 6.07) is 2.08. The minimum Gasteiger partial charge on any atom is -0.388 e. The number of aromatic nitrogens is 1. The smallest absolute Gasteiger partial charge is 0.0832 e. The molecule has 1 aromatic heterocycles.